The van der Waals surface area contributed by atoms with Crippen LogP contribution in [0, 0.1) is 11.6 Å². The smallest absolute Gasteiger partial charge is 0.168 e. The Bertz CT molecular complexity index is 364. The van der Waals surface area contributed by atoms with E-state index < -0.39 is 17.2 Å². The van der Waals surface area contributed by atoms with Gasteiger partial charge in [-0.1, -0.05) is 0 Å². The Hall–Kier alpha value is -1.16. The van der Waals surface area contributed by atoms with E-state index in [0.717, 1.165) is 6.07 Å². The third-order valence-corrected chi connectivity index (χ3v) is 2.51. The molecule has 0 aliphatic heterocycles. The zero-order valence-corrected chi connectivity index (χ0v) is 9.32. The van der Waals surface area contributed by atoms with Gasteiger partial charge in [0.15, 0.2) is 11.6 Å². The molecular formula is C11H15F2NO. The molecule has 0 bridgehead atoms. The molecule has 0 spiro atoms. The second-order valence-corrected chi connectivity index (χ2v) is 3.84. The van der Waals surface area contributed by atoms with Crippen molar-refractivity contribution in [1.82, 2.24) is 5.32 Å². The lowest BCUT2D eigenvalue weighted by molar-refractivity contribution is 0.350. The Balaban J connectivity index is 3.39. The fourth-order valence-electron chi connectivity index (χ4n) is 1.37. The number of halogens is 2. The highest BCUT2D eigenvalue weighted by molar-refractivity contribution is 5.40. The molecular weight excluding hydrogens is 200 g/mol. The van der Waals surface area contributed by atoms with E-state index in [4.69, 9.17) is 4.74 Å². The first-order chi connectivity index (χ1) is 6.92. The van der Waals surface area contributed by atoms with Gasteiger partial charge in [-0.2, -0.15) is 0 Å². The molecule has 15 heavy (non-hydrogen) atoms. The van der Waals surface area contributed by atoms with E-state index in [1.807, 2.05) is 13.8 Å². The lowest BCUT2D eigenvalue weighted by Gasteiger charge is -2.26. The fraction of sp³-hybridized carbons (Fsp3) is 0.455. The number of rotatable bonds is 3. The molecule has 0 aromatic heterocycles. The lowest BCUT2D eigenvalue weighted by Crippen LogP contribution is -2.33. The van der Waals surface area contributed by atoms with Crippen molar-refractivity contribution in [2.45, 2.75) is 19.4 Å². The van der Waals surface area contributed by atoms with E-state index in [2.05, 4.69) is 5.32 Å². The largest absolute Gasteiger partial charge is 0.493 e. The van der Waals surface area contributed by atoms with Gasteiger partial charge in [-0.3, -0.25) is 0 Å². The van der Waals surface area contributed by atoms with E-state index in [0.29, 0.717) is 5.56 Å². The highest BCUT2D eigenvalue weighted by Gasteiger charge is 2.25. The number of hydrogen-bond acceptors (Lipinski definition) is 2. The molecule has 0 saturated heterocycles. The van der Waals surface area contributed by atoms with Crippen LogP contribution in [0.2, 0.25) is 0 Å². The minimum atomic E-state index is -0.684. The normalized spacial score (nSPS) is 11.6. The van der Waals surface area contributed by atoms with Gasteiger partial charge in [-0.15, -0.1) is 0 Å². The Labute approximate surface area is 88.3 Å². The molecule has 1 rings (SSSR count). The van der Waals surface area contributed by atoms with Gasteiger partial charge >= 0.3 is 0 Å². The summed E-state index contributed by atoms with van der Waals surface area (Å²) in [6, 6.07) is 2.09. The van der Waals surface area contributed by atoms with Gasteiger partial charge in [0.25, 0.3) is 0 Å². The van der Waals surface area contributed by atoms with Crippen molar-refractivity contribution < 1.29 is 13.5 Å². The summed E-state index contributed by atoms with van der Waals surface area (Å²) >= 11 is 0. The zero-order chi connectivity index (χ0) is 11.6. The van der Waals surface area contributed by atoms with Crippen LogP contribution in [0.15, 0.2) is 12.1 Å². The van der Waals surface area contributed by atoms with Crippen molar-refractivity contribution in [2.24, 2.45) is 0 Å². The van der Waals surface area contributed by atoms with Crippen LogP contribution in [0.4, 0.5) is 8.78 Å². The zero-order valence-electron chi connectivity index (χ0n) is 9.32. The van der Waals surface area contributed by atoms with Gasteiger partial charge in [-0.25, -0.2) is 8.78 Å². The molecule has 0 radical (unpaired) electrons. The highest BCUT2D eigenvalue weighted by atomic mass is 19.1. The van der Waals surface area contributed by atoms with Crippen molar-refractivity contribution in [3.63, 3.8) is 0 Å². The molecule has 4 heteroatoms. The number of benzene rings is 1. The second-order valence-electron chi connectivity index (χ2n) is 3.84. The van der Waals surface area contributed by atoms with E-state index in [9.17, 15) is 8.78 Å². The molecule has 0 atom stereocenters. The molecule has 0 saturated carbocycles. The SMILES string of the molecule is CNC(C)(C)c1cc(F)cc(F)c1OC. The van der Waals surface area contributed by atoms with Crippen LogP contribution in [0.3, 0.4) is 0 Å². The maximum atomic E-state index is 13.4. The third-order valence-electron chi connectivity index (χ3n) is 2.51. The van der Waals surface area contributed by atoms with Crippen LogP contribution >= 0.6 is 0 Å². The minimum absolute atomic E-state index is 0.0794. The second kappa shape index (κ2) is 4.14. The number of hydrogen-bond donors (Lipinski definition) is 1. The molecule has 1 N–H and O–H groups in total. The standard InChI is InChI=1S/C11H15F2NO/c1-11(2,14-3)8-5-7(12)6-9(13)10(8)15-4/h5-6,14H,1-4H3. The van der Waals surface area contributed by atoms with Crippen molar-refractivity contribution in [3.8, 4) is 5.75 Å². The van der Waals surface area contributed by atoms with Crippen LogP contribution in [0.5, 0.6) is 5.75 Å². The van der Waals surface area contributed by atoms with Gasteiger partial charge < -0.3 is 10.1 Å². The minimum Gasteiger partial charge on any atom is -0.493 e. The average molecular weight is 215 g/mol. The first-order valence-corrected chi connectivity index (χ1v) is 4.65. The summed E-state index contributed by atoms with van der Waals surface area (Å²) < 4.78 is 31.4. The van der Waals surface area contributed by atoms with Crippen LogP contribution in [-0.4, -0.2) is 14.2 Å². The van der Waals surface area contributed by atoms with E-state index in [-0.39, 0.29) is 5.75 Å². The van der Waals surface area contributed by atoms with Crippen LogP contribution < -0.4 is 10.1 Å². The van der Waals surface area contributed by atoms with Crippen molar-refractivity contribution in [2.75, 3.05) is 14.2 Å². The topological polar surface area (TPSA) is 21.3 Å². The van der Waals surface area contributed by atoms with E-state index >= 15 is 0 Å². The molecule has 2 nitrogen and oxygen atoms in total. The molecule has 0 fully saturated rings. The van der Waals surface area contributed by atoms with Crippen molar-refractivity contribution in [1.29, 1.82) is 0 Å². The Morgan fingerprint density at radius 2 is 1.87 bits per heavy atom. The Morgan fingerprint density at radius 1 is 1.27 bits per heavy atom. The van der Waals surface area contributed by atoms with Crippen molar-refractivity contribution >= 4 is 0 Å². The Kier molecular flexibility index (Phi) is 3.29. The molecule has 0 aliphatic rings. The maximum Gasteiger partial charge on any atom is 0.168 e. The van der Waals surface area contributed by atoms with Crippen LogP contribution in [-0.2, 0) is 5.54 Å². The summed E-state index contributed by atoms with van der Waals surface area (Å²) in [5.41, 5.74) is -0.0844. The van der Waals surface area contributed by atoms with Gasteiger partial charge in [0.05, 0.1) is 7.11 Å². The van der Waals surface area contributed by atoms with Gasteiger partial charge in [0, 0.05) is 17.2 Å². The van der Waals surface area contributed by atoms with Gasteiger partial charge in [0.1, 0.15) is 5.82 Å². The monoisotopic (exact) mass is 215 g/mol. The summed E-state index contributed by atoms with van der Waals surface area (Å²) in [6.07, 6.45) is 0. The van der Waals surface area contributed by atoms with Crippen LogP contribution in [0.1, 0.15) is 19.4 Å². The van der Waals surface area contributed by atoms with Crippen LogP contribution in [0.25, 0.3) is 0 Å². The lowest BCUT2D eigenvalue weighted by atomic mass is 9.93. The van der Waals surface area contributed by atoms with E-state index in [1.165, 1.54) is 13.2 Å². The summed E-state index contributed by atoms with van der Waals surface area (Å²) in [5.74, 6) is -1.21. The molecule has 0 amide bonds. The van der Waals surface area contributed by atoms with Crippen molar-refractivity contribution in [3.05, 3.63) is 29.3 Å². The van der Waals surface area contributed by atoms with Gasteiger partial charge in [-0.05, 0) is 27.0 Å². The summed E-state index contributed by atoms with van der Waals surface area (Å²) in [7, 11) is 3.09. The molecule has 84 valence electrons. The molecule has 0 unspecified atom stereocenters. The number of ether oxygens (including phenoxy) is 1. The molecule has 1 aromatic carbocycles. The summed E-state index contributed by atoms with van der Waals surface area (Å²) in [4.78, 5) is 0. The quantitative estimate of drug-likeness (QED) is 0.836. The van der Waals surface area contributed by atoms with Gasteiger partial charge in [0.2, 0.25) is 0 Å². The molecule has 1 aromatic rings. The summed E-state index contributed by atoms with van der Waals surface area (Å²) in [5, 5.41) is 2.97. The first kappa shape index (κ1) is 11.9. The predicted octanol–water partition coefficient (Wildman–Crippen LogP) is 2.43. The molecule has 0 aliphatic carbocycles. The van der Waals surface area contributed by atoms with E-state index in [1.54, 1.807) is 7.05 Å². The molecule has 0 heterocycles. The summed E-state index contributed by atoms with van der Waals surface area (Å²) in [6.45, 7) is 3.65. The number of methoxy groups -OCH3 is 1. The third kappa shape index (κ3) is 2.26. The fourth-order valence-corrected chi connectivity index (χ4v) is 1.37. The number of nitrogens with one attached hydrogen (secondary N) is 1. The first-order valence-electron chi connectivity index (χ1n) is 4.65. The highest BCUT2D eigenvalue weighted by Crippen LogP contribution is 2.32. The average Bonchev–Trinajstić information content (AvgIpc) is 2.16. The maximum absolute atomic E-state index is 13.4. The Morgan fingerprint density at radius 3 is 2.33 bits per heavy atom. The predicted molar refractivity (Wildman–Crippen MR) is 55.0 cm³/mol.